The van der Waals surface area contributed by atoms with Crippen molar-refractivity contribution < 1.29 is 4.79 Å². The molecule has 3 rings (SSSR count). The maximum atomic E-state index is 12.5. The first kappa shape index (κ1) is 16.1. The third-order valence-electron chi connectivity index (χ3n) is 5.70. The molecule has 3 nitrogen and oxygen atoms in total. The number of amides is 1. The second kappa shape index (κ2) is 7.13. The van der Waals surface area contributed by atoms with Crippen LogP contribution in [0, 0.1) is 11.3 Å². The van der Waals surface area contributed by atoms with Gasteiger partial charge < -0.3 is 10.2 Å². The van der Waals surface area contributed by atoms with Crippen LogP contribution < -0.4 is 5.32 Å². The van der Waals surface area contributed by atoms with Crippen LogP contribution in [0.2, 0.25) is 0 Å². The van der Waals surface area contributed by atoms with E-state index in [4.69, 9.17) is 0 Å². The van der Waals surface area contributed by atoms with Crippen LogP contribution >= 0.6 is 12.4 Å². The van der Waals surface area contributed by atoms with Crippen molar-refractivity contribution in [2.75, 3.05) is 26.2 Å². The van der Waals surface area contributed by atoms with Crippen molar-refractivity contribution in [1.82, 2.24) is 10.2 Å². The van der Waals surface area contributed by atoms with E-state index in [0.29, 0.717) is 11.3 Å². The van der Waals surface area contributed by atoms with Gasteiger partial charge in [-0.3, -0.25) is 4.79 Å². The lowest BCUT2D eigenvalue weighted by Crippen LogP contribution is -2.48. The Bertz CT molecular complexity index is 312. The van der Waals surface area contributed by atoms with Gasteiger partial charge in [-0.25, -0.2) is 0 Å². The fourth-order valence-corrected chi connectivity index (χ4v) is 4.32. The zero-order valence-electron chi connectivity index (χ0n) is 12.5. The number of likely N-dealkylation sites (tertiary alicyclic amines) is 1. The van der Waals surface area contributed by atoms with Gasteiger partial charge in [0.2, 0.25) is 5.91 Å². The number of piperidine rings is 2. The summed E-state index contributed by atoms with van der Waals surface area (Å²) in [7, 11) is 0. The number of rotatable bonds is 1. The van der Waals surface area contributed by atoms with Crippen molar-refractivity contribution in [3.63, 3.8) is 0 Å². The Morgan fingerprint density at radius 3 is 2.30 bits per heavy atom. The molecule has 2 saturated heterocycles. The fourth-order valence-electron chi connectivity index (χ4n) is 4.32. The highest BCUT2D eigenvalue weighted by atomic mass is 35.5. The summed E-state index contributed by atoms with van der Waals surface area (Å²) in [5.74, 6) is 0.687. The lowest BCUT2D eigenvalue weighted by atomic mass is 9.68. The highest BCUT2D eigenvalue weighted by molar-refractivity contribution is 5.85. The molecule has 3 fully saturated rings. The van der Waals surface area contributed by atoms with Gasteiger partial charge in [0, 0.05) is 19.6 Å². The molecule has 116 valence electrons. The van der Waals surface area contributed by atoms with Crippen molar-refractivity contribution in [3.05, 3.63) is 0 Å². The van der Waals surface area contributed by atoms with Crippen LogP contribution in [0.3, 0.4) is 0 Å². The van der Waals surface area contributed by atoms with Gasteiger partial charge in [0.1, 0.15) is 0 Å². The van der Waals surface area contributed by atoms with Crippen molar-refractivity contribution in [1.29, 1.82) is 0 Å². The maximum Gasteiger partial charge on any atom is 0.226 e. The van der Waals surface area contributed by atoms with Gasteiger partial charge >= 0.3 is 0 Å². The summed E-state index contributed by atoms with van der Waals surface area (Å²) in [5.41, 5.74) is 0.611. The summed E-state index contributed by atoms with van der Waals surface area (Å²) in [6.45, 7) is 4.04. The number of hydrogen-bond donors (Lipinski definition) is 1. The Kier molecular flexibility index (Phi) is 5.74. The Morgan fingerprint density at radius 2 is 1.70 bits per heavy atom. The van der Waals surface area contributed by atoms with Gasteiger partial charge in [-0.15, -0.1) is 12.4 Å². The highest BCUT2D eigenvalue weighted by Crippen LogP contribution is 2.44. The summed E-state index contributed by atoms with van der Waals surface area (Å²) >= 11 is 0. The topological polar surface area (TPSA) is 32.3 Å². The summed E-state index contributed by atoms with van der Waals surface area (Å²) in [6, 6.07) is 0. The molecular formula is C16H29ClN2O. The molecule has 0 radical (unpaired) electrons. The normalized spacial score (nSPS) is 29.8. The molecule has 0 aromatic carbocycles. The lowest BCUT2D eigenvalue weighted by Gasteiger charge is -2.45. The average Bonchev–Trinajstić information content (AvgIpc) is 2.49. The third kappa shape index (κ3) is 3.48. The summed E-state index contributed by atoms with van der Waals surface area (Å²) in [4.78, 5) is 14.7. The van der Waals surface area contributed by atoms with Crippen LogP contribution in [-0.2, 0) is 4.79 Å². The van der Waals surface area contributed by atoms with Crippen LogP contribution in [0.25, 0.3) is 0 Å². The Balaban J connectivity index is 0.00000147. The van der Waals surface area contributed by atoms with Crippen molar-refractivity contribution >= 4 is 18.3 Å². The third-order valence-corrected chi connectivity index (χ3v) is 5.70. The summed E-state index contributed by atoms with van der Waals surface area (Å²) < 4.78 is 0. The number of carbonyl (C=O) groups is 1. The SMILES string of the molecule is Cl.O=C([C@@H]1CCCNC1)N1CCC2(CCCCC2)CC1. The molecule has 2 aliphatic heterocycles. The first-order chi connectivity index (χ1) is 9.29. The van der Waals surface area contributed by atoms with Crippen LogP contribution in [0.1, 0.15) is 57.8 Å². The molecule has 3 aliphatic rings. The fraction of sp³-hybridized carbons (Fsp3) is 0.938. The van der Waals surface area contributed by atoms with Gasteiger partial charge in [-0.1, -0.05) is 19.3 Å². The Labute approximate surface area is 129 Å². The number of hydrogen-bond acceptors (Lipinski definition) is 2. The molecule has 4 heteroatoms. The molecule has 2 heterocycles. The van der Waals surface area contributed by atoms with E-state index in [1.807, 2.05) is 0 Å². The molecule has 0 bridgehead atoms. The van der Waals surface area contributed by atoms with Crippen LogP contribution in [-0.4, -0.2) is 37.0 Å². The largest absolute Gasteiger partial charge is 0.342 e. The van der Waals surface area contributed by atoms with Gasteiger partial charge in [0.25, 0.3) is 0 Å². The van der Waals surface area contributed by atoms with E-state index in [9.17, 15) is 4.79 Å². The van der Waals surface area contributed by atoms with E-state index in [-0.39, 0.29) is 18.3 Å². The molecule has 1 aliphatic carbocycles. The molecular weight excluding hydrogens is 272 g/mol. The monoisotopic (exact) mass is 300 g/mol. The zero-order chi connectivity index (χ0) is 13.1. The summed E-state index contributed by atoms with van der Waals surface area (Å²) in [6.07, 6.45) is 11.9. The predicted molar refractivity (Wildman–Crippen MR) is 84.2 cm³/mol. The van der Waals surface area contributed by atoms with Crippen molar-refractivity contribution in [2.24, 2.45) is 11.3 Å². The number of halogens is 1. The van der Waals surface area contributed by atoms with Gasteiger partial charge in [-0.2, -0.15) is 0 Å². The predicted octanol–water partition coefficient (Wildman–Crippen LogP) is 2.98. The van der Waals surface area contributed by atoms with E-state index in [0.717, 1.165) is 39.0 Å². The van der Waals surface area contributed by atoms with Crippen molar-refractivity contribution in [2.45, 2.75) is 57.8 Å². The first-order valence-electron chi connectivity index (χ1n) is 8.29. The second-order valence-corrected chi connectivity index (χ2v) is 6.93. The maximum absolute atomic E-state index is 12.5. The first-order valence-corrected chi connectivity index (χ1v) is 8.29. The van der Waals surface area contributed by atoms with Gasteiger partial charge in [-0.05, 0) is 50.5 Å². The molecule has 0 unspecified atom stereocenters. The van der Waals surface area contributed by atoms with Gasteiger partial charge in [0.15, 0.2) is 0 Å². The Morgan fingerprint density at radius 1 is 1.00 bits per heavy atom. The Hall–Kier alpha value is -0.280. The number of nitrogens with zero attached hydrogens (tertiary/aromatic N) is 1. The molecule has 1 N–H and O–H groups in total. The van der Waals surface area contributed by atoms with Crippen LogP contribution in [0.5, 0.6) is 0 Å². The summed E-state index contributed by atoms with van der Waals surface area (Å²) in [5, 5.41) is 3.36. The number of nitrogens with one attached hydrogen (secondary N) is 1. The minimum Gasteiger partial charge on any atom is -0.342 e. The van der Waals surface area contributed by atoms with E-state index in [2.05, 4.69) is 10.2 Å². The van der Waals surface area contributed by atoms with Crippen LogP contribution in [0.4, 0.5) is 0 Å². The molecule has 1 atom stereocenters. The minimum absolute atomic E-state index is 0. The molecule has 1 amide bonds. The van der Waals surface area contributed by atoms with Crippen LogP contribution in [0.15, 0.2) is 0 Å². The number of carbonyl (C=O) groups excluding carboxylic acids is 1. The van der Waals surface area contributed by atoms with Crippen molar-refractivity contribution in [3.8, 4) is 0 Å². The molecule has 1 spiro atoms. The molecule has 0 aromatic heterocycles. The molecule has 0 aromatic rings. The standard InChI is InChI=1S/C16H28N2O.ClH/c19-15(14-5-4-10-17-13-14)18-11-8-16(9-12-18)6-2-1-3-7-16;/h14,17H,1-13H2;1H/t14-;/m1./s1. The zero-order valence-corrected chi connectivity index (χ0v) is 13.3. The second-order valence-electron chi connectivity index (χ2n) is 6.93. The van der Waals surface area contributed by atoms with E-state index < -0.39 is 0 Å². The van der Waals surface area contributed by atoms with E-state index in [1.165, 1.54) is 44.9 Å². The average molecular weight is 301 g/mol. The smallest absolute Gasteiger partial charge is 0.226 e. The van der Waals surface area contributed by atoms with E-state index >= 15 is 0 Å². The van der Waals surface area contributed by atoms with Gasteiger partial charge in [0.05, 0.1) is 5.92 Å². The molecule has 1 saturated carbocycles. The minimum atomic E-state index is 0. The van der Waals surface area contributed by atoms with E-state index in [1.54, 1.807) is 0 Å². The quantitative estimate of drug-likeness (QED) is 0.807. The molecule has 20 heavy (non-hydrogen) atoms. The lowest BCUT2D eigenvalue weighted by molar-refractivity contribution is -0.138. The highest BCUT2D eigenvalue weighted by Gasteiger charge is 2.37.